The number of halogens is 3. The standard InChI is InChI=1S/C15H18F3NO2/c16-15(17,18)21-13-3-1-2-11(8-13)12-9-14(20-10-12)4-6-19-7-5-14/h1-3,8,12,19H,4-7,9-10H2/t12-/m1/s1. The van der Waals surface area contributed by atoms with Crippen molar-refractivity contribution in [3.8, 4) is 5.75 Å². The molecule has 0 unspecified atom stereocenters. The summed E-state index contributed by atoms with van der Waals surface area (Å²) in [5, 5.41) is 3.30. The van der Waals surface area contributed by atoms with E-state index >= 15 is 0 Å². The van der Waals surface area contributed by atoms with E-state index < -0.39 is 6.36 Å². The second-order valence-corrected chi connectivity index (χ2v) is 5.77. The van der Waals surface area contributed by atoms with Crippen molar-refractivity contribution in [2.24, 2.45) is 0 Å². The lowest BCUT2D eigenvalue weighted by Crippen LogP contribution is -2.41. The van der Waals surface area contributed by atoms with Gasteiger partial charge in [0.2, 0.25) is 0 Å². The Morgan fingerprint density at radius 2 is 2.00 bits per heavy atom. The van der Waals surface area contributed by atoms with Gasteiger partial charge in [0, 0.05) is 5.92 Å². The number of alkyl halides is 3. The Balaban J connectivity index is 1.71. The Labute approximate surface area is 121 Å². The number of ether oxygens (including phenoxy) is 2. The molecule has 2 aliphatic rings. The van der Waals surface area contributed by atoms with E-state index in [4.69, 9.17) is 4.74 Å². The van der Waals surface area contributed by atoms with Crippen LogP contribution in [0.2, 0.25) is 0 Å². The Morgan fingerprint density at radius 1 is 1.24 bits per heavy atom. The fraction of sp³-hybridized carbons (Fsp3) is 0.600. The van der Waals surface area contributed by atoms with Gasteiger partial charge in [0.05, 0.1) is 12.2 Å². The summed E-state index contributed by atoms with van der Waals surface area (Å²) >= 11 is 0. The molecule has 2 heterocycles. The molecule has 0 radical (unpaired) electrons. The second-order valence-electron chi connectivity index (χ2n) is 5.77. The zero-order valence-corrected chi connectivity index (χ0v) is 11.6. The molecule has 116 valence electrons. The first-order valence-electron chi connectivity index (χ1n) is 7.16. The highest BCUT2D eigenvalue weighted by molar-refractivity contribution is 5.32. The molecule has 1 N–H and O–H groups in total. The van der Waals surface area contributed by atoms with E-state index in [1.165, 1.54) is 12.1 Å². The van der Waals surface area contributed by atoms with Crippen LogP contribution in [0.1, 0.15) is 30.7 Å². The van der Waals surface area contributed by atoms with E-state index in [0.29, 0.717) is 6.61 Å². The van der Waals surface area contributed by atoms with Crippen molar-refractivity contribution in [1.29, 1.82) is 0 Å². The van der Waals surface area contributed by atoms with Crippen molar-refractivity contribution in [2.45, 2.75) is 37.1 Å². The summed E-state index contributed by atoms with van der Waals surface area (Å²) in [7, 11) is 0. The minimum absolute atomic E-state index is 0.100. The fourth-order valence-electron chi connectivity index (χ4n) is 3.25. The molecule has 0 aliphatic carbocycles. The molecule has 0 aromatic heterocycles. The van der Waals surface area contributed by atoms with Gasteiger partial charge in [0.25, 0.3) is 0 Å². The van der Waals surface area contributed by atoms with E-state index in [-0.39, 0.29) is 17.3 Å². The van der Waals surface area contributed by atoms with E-state index in [2.05, 4.69) is 10.1 Å². The van der Waals surface area contributed by atoms with Crippen LogP contribution in [0.3, 0.4) is 0 Å². The normalized spacial score (nSPS) is 25.2. The van der Waals surface area contributed by atoms with Gasteiger partial charge in [0.1, 0.15) is 5.75 Å². The van der Waals surface area contributed by atoms with Gasteiger partial charge < -0.3 is 14.8 Å². The first-order chi connectivity index (χ1) is 9.96. The van der Waals surface area contributed by atoms with Crippen molar-refractivity contribution in [2.75, 3.05) is 19.7 Å². The summed E-state index contributed by atoms with van der Waals surface area (Å²) in [6.45, 7) is 2.43. The van der Waals surface area contributed by atoms with Gasteiger partial charge in [-0.15, -0.1) is 13.2 Å². The van der Waals surface area contributed by atoms with Crippen molar-refractivity contribution >= 4 is 0 Å². The highest BCUT2D eigenvalue weighted by atomic mass is 19.4. The lowest BCUT2D eigenvalue weighted by atomic mass is 9.84. The van der Waals surface area contributed by atoms with Crippen molar-refractivity contribution in [3.63, 3.8) is 0 Å². The minimum Gasteiger partial charge on any atom is -0.406 e. The van der Waals surface area contributed by atoms with Gasteiger partial charge in [-0.25, -0.2) is 0 Å². The summed E-state index contributed by atoms with van der Waals surface area (Å²) in [6, 6.07) is 6.25. The number of hydrogen-bond acceptors (Lipinski definition) is 3. The van der Waals surface area contributed by atoms with Crippen molar-refractivity contribution in [3.05, 3.63) is 29.8 Å². The summed E-state index contributed by atoms with van der Waals surface area (Å²) in [4.78, 5) is 0. The second kappa shape index (κ2) is 5.50. The molecule has 1 atom stereocenters. The van der Waals surface area contributed by atoms with Crippen LogP contribution in [0.5, 0.6) is 5.75 Å². The predicted octanol–water partition coefficient (Wildman–Crippen LogP) is 3.21. The summed E-state index contributed by atoms with van der Waals surface area (Å²) in [5.41, 5.74) is 0.753. The summed E-state index contributed by atoms with van der Waals surface area (Å²) in [5.74, 6) is -0.0221. The minimum atomic E-state index is -4.65. The Morgan fingerprint density at radius 3 is 2.71 bits per heavy atom. The maximum atomic E-state index is 12.3. The smallest absolute Gasteiger partial charge is 0.406 e. The highest BCUT2D eigenvalue weighted by Gasteiger charge is 2.41. The van der Waals surface area contributed by atoms with E-state index in [1.807, 2.05) is 6.07 Å². The van der Waals surface area contributed by atoms with Crippen LogP contribution in [0.4, 0.5) is 13.2 Å². The zero-order valence-electron chi connectivity index (χ0n) is 11.6. The predicted molar refractivity (Wildman–Crippen MR) is 71.3 cm³/mol. The molecule has 6 heteroatoms. The zero-order chi connectivity index (χ0) is 14.9. The van der Waals surface area contributed by atoms with Crippen molar-refractivity contribution in [1.82, 2.24) is 5.32 Å². The van der Waals surface area contributed by atoms with Crippen LogP contribution in [0, 0.1) is 0 Å². The molecule has 3 rings (SSSR count). The Bertz CT molecular complexity index is 498. The molecule has 1 aromatic carbocycles. The Kier molecular flexibility index (Phi) is 3.84. The lowest BCUT2D eigenvalue weighted by molar-refractivity contribution is -0.274. The van der Waals surface area contributed by atoms with Crippen LogP contribution in [0.15, 0.2) is 24.3 Å². The van der Waals surface area contributed by atoms with Crippen LogP contribution in [0.25, 0.3) is 0 Å². The van der Waals surface area contributed by atoms with E-state index in [0.717, 1.165) is 37.9 Å². The van der Waals surface area contributed by atoms with Crippen molar-refractivity contribution < 1.29 is 22.6 Å². The van der Waals surface area contributed by atoms with Gasteiger partial charge in [-0.05, 0) is 50.0 Å². The molecule has 0 bridgehead atoms. The Hall–Kier alpha value is -1.27. The topological polar surface area (TPSA) is 30.5 Å². The third-order valence-electron chi connectivity index (χ3n) is 4.29. The average Bonchev–Trinajstić information content (AvgIpc) is 2.82. The molecule has 3 nitrogen and oxygen atoms in total. The van der Waals surface area contributed by atoms with Gasteiger partial charge in [0.15, 0.2) is 0 Å². The summed E-state index contributed by atoms with van der Waals surface area (Å²) in [6.07, 6.45) is -1.87. The fourth-order valence-corrected chi connectivity index (χ4v) is 3.25. The molecule has 1 spiro atoms. The third kappa shape index (κ3) is 3.49. The highest BCUT2D eigenvalue weighted by Crippen LogP contribution is 2.42. The van der Waals surface area contributed by atoms with Gasteiger partial charge >= 0.3 is 6.36 Å². The van der Waals surface area contributed by atoms with Gasteiger partial charge in [-0.2, -0.15) is 0 Å². The monoisotopic (exact) mass is 301 g/mol. The van der Waals surface area contributed by atoms with E-state index in [1.54, 1.807) is 6.07 Å². The molecule has 21 heavy (non-hydrogen) atoms. The average molecular weight is 301 g/mol. The van der Waals surface area contributed by atoms with Crippen LogP contribution in [-0.2, 0) is 4.74 Å². The third-order valence-corrected chi connectivity index (χ3v) is 4.29. The van der Waals surface area contributed by atoms with Crippen LogP contribution in [-0.4, -0.2) is 31.7 Å². The first-order valence-corrected chi connectivity index (χ1v) is 7.16. The van der Waals surface area contributed by atoms with E-state index in [9.17, 15) is 13.2 Å². The number of piperidine rings is 1. The van der Waals surface area contributed by atoms with Gasteiger partial charge in [-0.3, -0.25) is 0 Å². The number of nitrogens with one attached hydrogen (secondary N) is 1. The molecular formula is C15H18F3NO2. The largest absolute Gasteiger partial charge is 0.573 e. The lowest BCUT2D eigenvalue weighted by Gasteiger charge is -2.33. The SMILES string of the molecule is FC(F)(F)Oc1cccc([C@H]2COC3(CCNCC3)C2)c1. The first kappa shape index (κ1) is 14.7. The van der Waals surface area contributed by atoms with Crippen LogP contribution >= 0.6 is 0 Å². The molecule has 0 saturated carbocycles. The maximum Gasteiger partial charge on any atom is 0.573 e. The molecule has 2 fully saturated rings. The van der Waals surface area contributed by atoms with Gasteiger partial charge in [-0.1, -0.05) is 12.1 Å². The number of hydrogen-bond donors (Lipinski definition) is 1. The maximum absolute atomic E-state index is 12.3. The molecule has 2 aliphatic heterocycles. The molecule has 2 saturated heterocycles. The number of benzene rings is 1. The molecular weight excluding hydrogens is 283 g/mol. The quantitative estimate of drug-likeness (QED) is 0.910. The number of rotatable bonds is 2. The molecule has 0 amide bonds. The summed E-state index contributed by atoms with van der Waals surface area (Å²) < 4.78 is 46.8. The van der Waals surface area contributed by atoms with Crippen LogP contribution < -0.4 is 10.1 Å². The molecule has 1 aromatic rings.